The van der Waals surface area contributed by atoms with Crippen LogP contribution >= 0.6 is 0 Å². The SMILES string of the molecule is C=CC(=O)O.CC(F)C(F)(F)C(F)(F)C(F)(F)C(F)(F)C(F)(F)C(F)(F)C(F)(F)C(F)(F)C(F)(F)C(F)(F)C(F)(F)C(F)(F)C(F)(F)C(O)(F)F. The molecule has 0 aliphatic heterocycles. The minimum atomic E-state index is -9.93. The smallest absolute Gasteiger partial charge is 0.423 e. The molecule has 0 aromatic carbocycles. The molecule has 0 amide bonds. The molecular formula is C19H9F29O3. The summed E-state index contributed by atoms with van der Waals surface area (Å²) in [5.74, 6) is -122. The third-order valence-corrected chi connectivity index (χ3v) is 5.81. The van der Waals surface area contributed by atoms with Crippen LogP contribution in [-0.4, -0.2) is 105 Å². The van der Waals surface area contributed by atoms with Crippen LogP contribution in [0.5, 0.6) is 0 Å². The molecule has 1 unspecified atom stereocenters. The Morgan fingerprint density at radius 1 is 0.431 bits per heavy atom. The van der Waals surface area contributed by atoms with Crippen molar-refractivity contribution in [3.63, 3.8) is 0 Å². The van der Waals surface area contributed by atoms with Gasteiger partial charge in [0.2, 0.25) is 0 Å². The van der Waals surface area contributed by atoms with Crippen LogP contribution in [0.2, 0.25) is 0 Å². The molecule has 0 radical (unpaired) electrons. The maximum absolute atomic E-state index is 13.7. The van der Waals surface area contributed by atoms with Gasteiger partial charge in [-0.25, -0.2) is 9.18 Å². The summed E-state index contributed by atoms with van der Waals surface area (Å²) in [4.78, 5) is 9.25. The van der Waals surface area contributed by atoms with Crippen LogP contribution in [0.1, 0.15) is 6.92 Å². The van der Waals surface area contributed by atoms with Crippen molar-refractivity contribution in [2.45, 2.75) is 96.2 Å². The average Bonchev–Trinajstić information content (AvgIpc) is 2.91. The molecule has 32 heteroatoms. The van der Waals surface area contributed by atoms with Gasteiger partial charge in [-0.3, -0.25) is 0 Å². The molecule has 0 heterocycles. The Kier molecular flexibility index (Phi) is 12.7. The van der Waals surface area contributed by atoms with Crippen molar-refractivity contribution in [2.24, 2.45) is 0 Å². The van der Waals surface area contributed by atoms with Crippen molar-refractivity contribution in [3.8, 4) is 0 Å². The zero-order chi connectivity index (χ0) is 42.9. The van der Waals surface area contributed by atoms with E-state index >= 15 is 0 Å². The summed E-state index contributed by atoms with van der Waals surface area (Å²) in [6.07, 6.45) is -11.9. The second-order valence-corrected chi connectivity index (χ2v) is 9.22. The maximum atomic E-state index is 13.7. The van der Waals surface area contributed by atoms with Gasteiger partial charge in [0.15, 0.2) is 6.17 Å². The van der Waals surface area contributed by atoms with Crippen LogP contribution in [0.4, 0.5) is 127 Å². The van der Waals surface area contributed by atoms with Gasteiger partial charge in [-0.05, 0) is 6.92 Å². The number of alkyl halides is 29. The van der Waals surface area contributed by atoms with E-state index in [1.54, 1.807) is 0 Å². The Morgan fingerprint density at radius 3 is 0.686 bits per heavy atom. The summed E-state index contributed by atoms with van der Waals surface area (Å²) in [6, 6.07) is 0. The van der Waals surface area contributed by atoms with E-state index in [-0.39, 0.29) is 0 Å². The van der Waals surface area contributed by atoms with Gasteiger partial charge >= 0.3 is 89.1 Å². The summed E-state index contributed by atoms with van der Waals surface area (Å²) in [6.45, 7) is 1.98. The molecule has 2 N–H and O–H groups in total. The van der Waals surface area contributed by atoms with Crippen molar-refractivity contribution in [1.29, 1.82) is 0 Å². The summed E-state index contributed by atoms with van der Waals surface area (Å²) in [5.41, 5.74) is 0. The number of rotatable bonds is 15. The fraction of sp³-hybridized carbons (Fsp3) is 0.842. The van der Waals surface area contributed by atoms with Crippen molar-refractivity contribution in [3.05, 3.63) is 12.7 Å². The summed E-state index contributed by atoms with van der Waals surface area (Å²) < 4.78 is 386. The largest absolute Gasteiger partial charge is 0.478 e. The summed E-state index contributed by atoms with van der Waals surface area (Å²) in [7, 11) is 0. The molecule has 0 aromatic heterocycles. The van der Waals surface area contributed by atoms with Crippen molar-refractivity contribution < 1.29 is 142 Å². The highest BCUT2D eigenvalue weighted by Crippen LogP contribution is 2.68. The molecule has 0 bridgehead atoms. The number of hydrogen-bond acceptors (Lipinski definition) is 2. The number of aliphatic hydroxyl groups is 1. The van der Waals surface area contributed by atoms with Gasteiger partial charge in [-0.15, -0.1) is 0 Å². The topological polar surface area (TPSA) is 57.5 Å². The molecule has 3 nitrogen and oxygen atoms in total. The molecule has 0 fully saturated rings. The zero-order valence-electron chi connectivity index (χ0n) is 22.6. The normalized spacial score (nSPS) is 16.7. The molecular weight excluding hydrogens is 827 g/mol. The molecule has 0 aliphatic rings. The van der Waals surface area contributed by atoms with Gasteiger partial charge in [0, 0.05) is 6.08 Å². The molecule has 0 aliphatic carbocycles. The number of hydrogen-bond donors (Lipinski definition) is 2. The summed E-state index contributed by atoms with van der Waals surface area (Å²) >= 11 is 0. The highest BCUT2D eigenvalue weighted by Gasteiger charge is 3.00. The third-order valence-electron chi connectivity index (χ3n) is 5.81. The first-order valence-corrected chi connectivity index (χ1v) is 11.0. The van der Waals surface area contributed by atoms with Gasteiger partial charge in [0.25, 0.3) is 0 Å². The van der Waals surface area contributed by atoms with Gasteiger partial charge in [0.05, 0.1) is 0 Å². The first kappa shape index (κ1) is 50.2. The lowest BCUT2D eigenvalue weighted by molar-refractivity contribution is -0.490. The molecule has 0 aromatic rings. The van der Waals surface area contributed by atoms with E-state index in [0.29, 0.717) is 0 Å². The molecule has 306 valence electrons. The van der Waals surface area contributed by atoms with Crippen LogP contribution in [-0.2, 0) is 4.79 Å². The lowest BCUT2D eigenvalue weighted by Gasteiger charge is -2.46. The van der Waals surface area contributed by atoms with E-state index in [2.05, 4.69) is 6.58 Å². The Bertz CT molecular complexity index is 1260. The molecule has 0 saturated heterocycles. The molecule has 51 heavy (non-hydrogen) atoms. The van der Waals surface area contributed by atoms with Gasteiger partial charge in [-0.1, -0.05) is 6.58 Å². The number of carbonyl (C=O) groups is 1. The van der Waals surface area contributed by atoms with Crippen LogP contribution in [0.25, 0.3) is 0 Å². The number of halogens is 29. The van der Waals surface area contributed by atoms with Crippen molar-refractivity contribution in [2.75, 3.05) is 0 Å². The maximum Gasteiger partial charge on any atom is 0.423 e. The Balaban J connectivity index is 0. The standard InChI is InChI=1S/C16H5F29O.C3H4O2/c1-2(17)3(18,19)4(20,21)5(22,23)6(24,25)7(26,27)8(28,29)9(30,31)10(32,33)11(34,35)12(36,37)13(38,39)14(40,41)15(42,43)16(44,45)46;1-2-3(4)5/h2,46H,1H3;2H,1H2,(H,4,5). The van der Waals surface area contributed by atoms with E-state index in [0.717, 1.165) is 6.08 Å². The number of carboxylic acids is 1. The van der Waals surface area contributed by atoms with Gasteiger partial charge in [0.1, 0.15) is 0 Å². The van der Waals surface area contributed by atoms with E-state index < -0.39 is 102 Å². The molecule has 0 rings (SSSR count). The van der Waals surface area contributed by atoms with E-state index in [1.807, 2.05) is 0 Å². The van der Waals surface area contributed by atoms with Gasteiger partial charge < -0.3 is 10.2 Å². The monoisotopic (exact) mass is 836 g/mol. The fourth-order valence-electron chi connectivity index (χ4n) is 2.62. The summed E-state index contributed by atoms with van der Waals surface area (Å²) in [5, 5.41) is 15.0. The van der Waals surface area contributed by atoms with Crippen molar-refractivity contribution >= 4 is 5.97 Å². The predicted octanol–water partition coefficient (Wildman–Crippen LogP) is 9.45. The van der Waals surface area contributed by atoms with Gasteiger partial charge in [-0.2, -0.15) is 123 Å². The third kappa shape index (κ3) is 6.44. The van der Waals surface area contributed by atoms with Crippen LogP contribution < -0.4 is 0 Å². The lowest BCUT2D eigenvalue weighted by atomic mass is 9.83. The van der Waals surface area contributed by atoms with Crippen LogP contribution in [0, 0.1) is 0 Å². The number of aliphatic carboxylic acids is 1. The molecule has 0 saturated carbocycles. The minimum Gasteiger partial charge on any atom is -0.478 e. The van der Waals surface area contributed by atoms with Crippen LogP contribution in [0.3, 0.4) is 0 Å². The highest BCUT2D eigenvalue weighted by atomic mass is 19.4. The fourth-order valence-corrected chi connectivity index (χ4v) is 2.62. The predicted molar refractivity (Wildman–Crippen MR) is 99.9 cm³/mol. The quantitative estimate of drug-likeness (QED) is 0.128. The highest BCUT2D eigenvalue weighted by molar-refractivity contribution is 5.78. The second-order valence-electron chi connectivity index (χ2n) is 9.22. The average molecular weight is 836 g/mol. The van der Waals surface area contributed by atoms with Crippen molar-refractivity contribution in [1.82, 2.24) is 0 Å². The first-order chi connectivity index (χ1) is 21.5. The molecule has 0 spiro atoms. The van der Waals surface area contributed by atoms with E-state index in [1.165, 1.54) is 0 Å². The zero-order valence-corrected chi connectivity index (χ0v) is 22.6. The Morgan fingerprint density at radius 2 is 0.569 bits per heavy atom. The molecule has 1 atom stereocenters. The Hall–Kier alpha value is -2.86. The minimum absolute atomic E-state index is 0.833. The number of carboxylic acid groups (broad SMARTS) is 1. The second kappa shape index (κ2) is 12.9. The van der Waals surface area contributed by atoms with Crippen LogP contribution in [0.15, 0.2) is 12.7 Å². The van der Waals surface area contributed by atoms with E-state index in [4.69, 9.17) is 10.2 Å². The lowest BCUT2D eigenvalue weighted by Crippen LogP contribution is -2.79. The Labute approximate surface area is 258 Å². The first-order valence-electron chi connectivity index (χ1n) is 11.0. The van der Waals surface area contributed by atoms with E-state index in [9.17, 15) is 132 Å².